The number of H-pyrrole nitrogens is 1. The largest absolute Gasteiger partial charge is 0.369 e. The van der Waals surface area contributed by atoms with Crippen LogP contribution in [0, 0.1) is 5.82 Å². The maximum Gasteiger partial charge on any atom is 0.241 e. The van der Waals surface area contributed by atoms with E-state index < -0.39 is 22.5 Å². The van der Waals surface area contributed by atoms with Crippen LogP contribution in [-0.2, 0) is 14.8 Å². The summed E-state index contributed by atoms with van der Waals surface area (Å²) in [7, 11) is -3.84. The number of pyridine rings is 1. The zero-order valence-corrected chi connectivity index (χ0v) is 22.3. The van der Waals surface area contributed by atoms with Crippen molar-refractivity contribution in [3.8, 4) is 11.1 Å². The van der Waals surface area contributed by atoms with E-state index in [0.29, 0.717) is 13.0 Å². The summed E-state index contributed by atoms with van der Waals surface area (Å²) < 4.78 is 40.6. The molecule has 1 atom stereocenters. The Morgan fingerprint density at radius 1 is 1.05 bits per heavy atom. The summed E-state index contributed by atoms with van der Waals surface area (Å²) in [4.78, 5) is 20.5. The molecule has 2 aromatic heterocycles. The summed E-state index contributed by atoms with van der Waals surface area (Å²) >= 11 is 0. The molecule has 10 heteroatoms. The predicted molar refractivity (Wildman–Crippen MR) is 152 cm³/mol. The second-order valence-corrected chi connectivity index (χ2v) is 11.2. The van der Waals surface area contributed by atoms with Crippen molar-refractivity contribution in [2.75, 3.05) is 13.1 Å². The maximum atomic E-state index is 13.7. The molecule has 1 amide bonds. The van der Waals surface area contributed by atoms with Crippen LogP contribution in [0.15, 0.2) is 103 Å². The van der Waals surface area contributed by atoms with E-state index in [4.69, 9.17) is 5.73 Å². The number of hydrogen-bond donors (Lipinski definition) is 3. The van der Waals surface area contributed by atoms with E-state index in [2.05, 4.69) is 25.7 Å². The molecule has 2 aromatic carbocycles. The molecule has 1 aliphatic heterocycles. The van der Waals surface area contributed by atoms with Gasteiger partial charge in [0, 0.05) is 48.7 Å². The number of nitrogens with one attached hydrogen (secondary N) is 2. The third-order valence-electron chi connectivity index (χ3n) is 6.78. The quantitative estimate of drug-likeness (QED) is 0.280. The second kappa shape index (κ2) is 11.7. The number of amides is 1. The van der Waals surface area contributed by atoms with Gasteiger partial charge in [-0.25, -0.2) is 17.5 Å². The highest BCUT2D eigenvalue weighted by Gasteiger charge is 2.25. The van der Waals surface area contributed by atoms with E-state index in [1.165, 1.54) is 29.8 Å². The highest BCUT2D eigenvalue weighted by atomic mass is 32.2. The molecule has 0 fully saturated rings. The molecule has 0 spiro atoms. The Labute approximate surface area is 232 Å². The molecule has 8 nitrogen and oxygen atoms in total. The van der Waals surface area contributed by atoms with Gasteiger partial charge in [0.05, 0.1) is 17.5 Å². The first-order valence-electron chi connectivity index (χ1n) is 12.6. The minimum absolute atomic E-state index is 0.0390. The number of hydrogen-bond acceptors (Lipinski definition) is 5. The van der Waals surface area contributed by atoms with E-state index in [0.717, 1.165) is 27.8 Å². The first-order valence-corrected chi connectivity index (χ1v) is 14.1. The molecular weight excluding hydrogens is 529 g/mol. The first kappa shape index (κ1) is 27.0. The summed E-state index contributed by atoms with van der Waals surface area (Å²) in [5, 5.41) is 0. The predicted octanol–water partition coefficient (Wildman–Crippen LogP) is 4.48. The normalized spacial score (nSPS) is 15.8. The lowest BCUT2D eigenvalue weighted by molar-refractivity contribution is -0.116. The highest BCUT2D eigenvalue weighted by molar-refractivity contribution is 7.89. The van der Waals surface area contributed by atoms with Gasteiger partial charge in [-0.05, 0) is 71.2 Å². The first-order chi connectivity index (χ1) is 19.3. The molecule has 0 radical (unpaired) electrons. The Morgan fingerprint density at radius 3 is 2.45 bits per heavy atom. The number of aromatic amines is 1. The zero-order valence-electron chi connectivity index (χ0n) is 21.5. The van der Waals surface area contributed by atoms with Crippen LogP contribution in [0.2, 0.25) is 0 Å². The topological polar surface area (TPSA) is 121 Å². The van der Waals surface area contributed by atoms with Gasteiger partial charge in [0.1, 0.15) is 5.82 Å². The Bertz CT molecular complexity index is 1650. The van der Waals surface area contributed by atoms with Crippen molar-refractivity contribution < 1.29 is 17.6 Å². The Kier molecular flexibility index (Phi) is 7.90. The van der Waals surface area contributed by atoms with Crippen LogP contribution < -0.4 is 10.5 Å². The van der Waals surface area contributed by atoms with E-state index in [1.807, 2.05) is 48.9 Å². The van der Waals surface area contributed by atoms with Crippen molar-refractivity contribution in [1.82, 2.24) is 19.6 Å². The minimum atomic E-state index is -3.84. The van der Waals surface area contributed by atoms with Crippen LogP contribution in [0.25, 0.3) is 22.8 Å². The number of rotatable bonds is 9. The van der Waals surface area contributed by atoms with E-state index in [9.17, 15) is 17.6 Å². The number of carbonyl (C=O) groups excluding carboxylic acids is 1. The van der Waals surface area contributed by atoms with Crippen molar-refractivity contribution >= 4 is 27.6 Å². The molecule has 0 bridgehead atoms. The number of aromatic nitrogens is 2. The summed E-state index contributed by atoms with van der Waals surface area (Å²) in [6, 6.07) is 16.8. The van der Waals surface area contributed by atoms with Crippen LogP contribution in [0.1, 0.15) is 29.2 Å². The lowest BCUT2D eigenvalue weighted by Gasteiger charge is -2.35. The fourth-order valence-electron chi connectivity index (χ4n) is 4.72. The summed E-state index contributed by atoms with van der Waals surface area (Å²) in [6.45, 7) is 0.157. The number of primary amides is 1. The number of nitrogens with zero attached hydrogens (tertiary/aromatic N) is 2. The zero-order chi connectivity index (χ0) is 28.1. The Morgan fingerprint density at radius 2 is 1.75 bits per heavy atom. The molecule has 4 N–H and O–H groups in total. The van der Waals surface area contributed by atoms with Gasteiger partial charge < -0.3 is 15.6 Å². The molecule has 0 saturated carbocycles. The van der Waals surface area contributed by atoms with Crippen LogP contribution in [-0.4, -0.2) is 42.3 Å². The molecule has 1 aliphatic rings. The lowest BCUT2D eigenvalue weighted by atomic mass is 9.88. The van der Waals surface area contributed by atoms with Gasteiger partial charge in [0.15, 0.2) is 0 Å². The van der Waals surface area contributed by atoms with Crippen LogP contribution in [0.5, 0.6) is 0 Å². The van der Waals surface area contributed by atoms with Crippen LogP contribution in [0.4, 0.5) is 4.39 Å². The molecule has 5 rings (SSSR count). The average Bonchev–Trinajstić information content (AvgIpc) is 3.46. The summed E-state index contributed by atoms with van der Waals surface area (Å²) in [5.74, 6) is -1.05. The summed E-state index contributed by atoms with van der Waals surface area (Å²) in [6.07, 6.45) is 14.3. The van der Waals surface area contributed by atoms with E-state index >= 15 is 0 Å². The molecule has 0 saturated heterocycles. The molecular formula is C30H28FN5O3S. The molecule has 204 valence electrons. The van der Waals surface area contributed by atoms with Crippen molar-refractivity contribution in [1.29, 1.82) is 0 Å². The monoisotopic (exact) mass is 557 g/mol. The van der Waals surface area contributed by atoms with Crippen molar-refractivity contribution in [3.63, 3.8) is 0 Å². The molecule has 3 heterocycles. The number of nitrogens with two attached hydrogens (primary N) is 1. The van der Waals surface area contributed by atoms with Gasteiger partial charge in [-0.2, -0.15) is 0 Å². The van der Waals surface area contributed by atoms with E-state index in [1.54, 1.807) is 24.5 Å². The standard InChI is InChI=1S/C30H28FN5O3S/c31-25-5-3-23(4-6-25)29-17-24(28-19-34-18-27(28)22-9-13-33-14-10-22)12-16-36(29)15-11-21-1-7-26(8-2-21)40(38,39)35-20-30(32)37/h1-15,18-19,29,34-35H,16-17,20H2,(H2,32,37). The van der Waals surface area contributed by atoms with Gasteiger partial charge in [-0.15, -0.1) is 0 Å². The SMILES string of the molecule is NC(=O)CNS(=O)(=O)c1ccc(C=CN2CC=C(c3c[nH]cc3-c3ccncc3)CC2c2ccc(F)cc2)cc1. The van der Waals surface area contributed by atoms with Crippen molar-refractivity contribution in [3.05, 3.63) is 120 Å². The molecule has 0 aliphatic carbocycles. The Balaban J connectivity index is 1.40. The minimum Gasteiger partial charge on any atom is -0.369 e. The average molecular weight is 558 g/mol. The molecule has 40 heavy (non-hydrogen) atoms. The van der Waals surface area contributed by atoms with Gasteiger partial charge in [-0.3, -0.25) is 9.78 Å². The third kappa shape index (κ3) is 6.19. The van der Waals surface area contributed by atoms with Gasteiger partial charge in [0.25, 0.3) is 0 Å². The van der Waals surface area contributed by atoms with Crippen LogP contribution >= 0.6 is 0 Å². The molecule has 1 unspecified atom stereocenters. The highest BCUT2D eigenvalue weighted by Crippen LogP contribution is 2.39. The molecule has 4 aromatic rings. The number of benzene rings is 2. The van der Waals surface area contributed by atoms with Gasteiger partial charge in [-0.1, -0.05) is 30.3 Å². The number of halogens is 1. The van der Waals surface area contributed by atoms with Crippen LogP contribution in [0.3, 0.4) is 0 Å². The van der Waals surface area contributed by atoms with Crippen molar-refractivity contribution in [2.24, 2.45) is 5.73 Å². The van der Waals surface area contributed by atoms with Gasteiger partial charge in [0.2, 0.25) is 15.9 Å². The maximum absolute atomic E-state index is 13.7. The van der Waals surface area contributed by atoms with Gasteiger partial charge >= 0.3 is 0 Å². The fraction of sp³-hybridized carbons (Fsp3) is 0.133. The van der Waals surface area contributed by atoms with Crippen molar-refractivity contribution in [2.45, 2.75) is 17.4 Å². The smallest absolute Gasteiger partial charge is 0.241 e. The number of sulfonamides is 1. The third-order valence-corrected chi connectivity index (χ3v) is 8.20. The fourth-order valence-corrected chi connectivity index (χ4v) is 5.71. The second-order valence-electron chi connectivity index (χ2n) is 9.39. The summed E-state index contributed by atoms with van der Waals surface area (Å²) in [5.41, 5.74) is 11.3. The Hall–Kier alpha value is -4.54. The van der Waals surface area contributed by atoms with E-state index in [-0.39, 0.29) is 16.8 Å². The lowest BCUT2D eigenvalue weighted by Crippen LogP contribution is -2.33. The number of carbonyl (C=O) groups is 1.